The summed E-state index contributed by atoms with van der Waals surface area (Å²) in [5.41, 5.74) is 1.82. The van der Waals surface area contributed by atoms with Crippen molar-refractivity contribution in [2.45, 2.75) is 4.90 Å². The third-order valence-electron chi connectivity index (χ3n) is 6.20. The van der Waals surface area contributed by atoms with E-state index in [2.05, 4.69) is 14.9 Å². The molecule has 11 heteroatoms. The van der Waals surface area contributed by atoms with E-state index in [0.717, 1.165) is 27.2 Å². The Morgan fingerprint density at radius 2 is 1.66 bits per heavy atom. The lowest BCUT2D eigenvalue weighted by Gasteiger charge is -2.35. The molecule has 0 unspecified atom stereocenters. The zero-order chi connectivity index (χ0) is 24.0. The minimum atomic E-state index is -3.68. The fraction of sp³-hybridized carbons (Fsp3) is 0.250. The predicted molar refractivity (Wildman–Crippen MR) is 131 cm³/mol. The minimum absolute atomic E-state index is 0.191. The number of halogens is 1. The van der Waals surface area contributed by atoms with Crippen molar-refractivity contribution in [2.24, 2.45) is 0 Å². The third-order valence-corrected chi connectivity index (χ3v) is 8.98. The van der Waals surface area contributed by atoms with Crippen LogP contribution in [0.3, 0.4) is 0 Å². The summed E-state index contributed by atoms with van der Waals surface area (Å²) >= 11 is 1.50. The zero-order valence-electron chi connectivity index (χ0n) is 18.6. The average molecular weight is 513 g/mol. The van der Waals surface area contributed by atoms with E-state index in [1.54, 1.807) is 24.3 Å². The average Bonchev–Trinajstić information content (AvgIpc) is 3.33. The van der Waals surface area contributed by atoms with Gasteiger partial charge in [0.15, 0.2) is 11.5 Å². The SMILES string of the molecule is O=S(=O)(c1ccc2c(c1)OCCO2)N1CCN(c2ncnc3scc(-c4ccc(F)cc4)c23)CC1. The Hall–Kier alpha value is -3.28. The quantitative estimate of drug-likeness (QED) is 0.411. The number of hydrogen-bond donors (Lipinski definition) is 0. The van der Waals surface area contributed by atoms with Gasteiger partial charge in [-0.05, 0) is 29.8 Å². The van der Waals surface area contributed by atoms with Gasteiger partial charge in [0.25, 0.3) is 0 Å². The first-order valence-electron chi connectivity index (χ1n) is 11.1. The molecule has 1 fully saturated rings. The van der Waals surface area contributed by atoms with Crippen molar-refractivity contribution in [3.8, 4) is 22.6 Å². The van der Waals surface area contributed by atoms with Crippen molar-refractivity contribution in [1.82, 2.24) is 14.3 Å². The molecule has 8 nitrogen and oxygen atoms in total. The van der Waals surface area contributed by atoms with Gasteiger partial charge in [-0.25, -0.2) is 22.8 Å². The second kappa shape index (κ2) is 8.74. The highest BCUT2D eigenvalue weighted by Gasteiger charge is 2.31. The van der Waals surface area contributed by atoms with E-state index < -0.39 is 10.0 Å². The van der Waals surface area contributed by atoms with Gasteiger partial charge in [-0.15, -0.1) is 11.3 Å². The highest BCUT2D eigenvalue weighted by atomic mass is 32.2. The lowest BCUT2D eigenvalue weighted by atomic mass is 10.1. The predicted octanol–water partition coefficient (Wildman–Crippen LogP) is 3.78. The number of aromatic nitrogens is 2. The molecule has 35 heavy (non-hydrogen) atoms. The lowest BCUT2D eigenvalue weighted by Crippen LogP contribution is -2.49. The summed E-state index contributed by atoms with van der Waals surface area (Å²) in [6.45, 7) is 2.44. The van der Waals surface area contributed by atoms with Crippen molar-refractivity contribution in [2.75, 3.05) is 44.3 Å². The van der Waals surface area contributed by atoms with Crippen molar-refractivity contribution in [3.63, 3.8) is 0 Å². The molecule has 4 heterocycles. The second-order valence-electron chi connectivity index (χ2n) is 8.23. The Kier molecular flexibility index (Phi) is 5.54. The summed E-state index contributed by atoms with van der Waals surface area (Å²) in [5.74, 6) is 1.47. The molecule has 0 amide bonds. The summed E-state index contributed by atoms with van der Waals surface area (Å²) < 4.78 is 52.6. The number of thiophene rings is 1. The summed E-state index contributed by atoms with van der Waals surface area (Å²) in [6, 6.07) is 11.1. The molecule has 2 aliphatic rings. The maximum absolute atomic E-state index is 13.5. The van der Waals surface area contributed by atoms with E-state index in [1.807, 2.05) is 5.38 Å². The Balaban J connectivity index is 1.26. The number of nitrogens with zero attached hydrogens (tertiary/aromatic N) is 4. The number of benzene rings is 2. The highest BCUT2D eigenvalue weighted by Crippen LogP contribution is 2.38. The molecule has 0 spiro atoms. The molecule has 1 saturated heterocycles. The fourth-order valence-corrected chi connectivity index (χ4v) is 6.76. The molecule has 2 aliphatic heterocycles. The van der Waals surface area contributed by atoms with E-state index in [-0.39, 0.29) is 10.7 Å². The molecule has 2 aromatic heterocycles. The van der Waals surface area contributed by atoms with Gasteiger partial charge in [0.1, 0.15) is 36.0 Å². The first-order valence-corrected chi connectivity index (χ1v) is 13.5. The Bertz CT molecular complexity index is 1500. The van der Waals surface area contributed by atoms with Crippen LogP contribution in [0.5, 0.6) is 11.5 Å². The molecule has 6 rings (SSSR count). The highest BCUT2D eigenvalue weighted by molar-refractivity contribution is 7.89. The zero-order valence-corrected chi connectivity index (χ0v) is 20.2. The summed E-state index contributed by atoms with van der Waals surface area (Å²) in [7, 11) is -3.68. The fourth-order valence-electron chi connectivity index (χ4n) is 4.41. The molecule has 0 aliphatic carbocycles. The maximum atomic E-state index is 13.5. The van der Waals surface area contributed by atoms with Crippen LogP contribution in [-0.4, -0.2) is 62.1 Å². The summed E-state index contributed by atoms with van der Waals surface area (Å²) in [5, 5.41) is 2.89. The number of hydrogen-bond acceptors (Lipinski definition) is 8. The molecule has 0 bridgehead atoms. The molecule has 0 atom stereocenters. The monoisotopic (exact) mass is 512 g/mol. The van der Waals surface area contributed by atoms with E-state index in [4.69, 9.17) is 9.47 Å². The van der Waals surface area contributed by atoms with Crippen LogP contribution in [0.15, 0.2) is 59.1 Å². The topological polar surface area (TPSA) is 84.9 Å². The second-order valence-corrected chi connectivity index (χ2v) is 11.0. The van der Waals surface area contributed by atoms with Gasteiger partial charge < -0.3 is 14.4 Å². The van der Waals surface area contributed by atoms with Crippen LogP contribution in [-0.2, 0) is 10.0 Å². The third kappa shape index (κ3) is 3.99. The van der Waals surface area contributed by atoms with Crippen LogP contribution in [0.2, 0.25) is 0 Å². The van der Waals surface area contributed by atoms with Crippen molar-refractivity contribution < 1.29 is 22.3 Å². The van der Waals surface area contributed by atoms with Crippen LogP contribution < -0.4 is 14.4 Å². The Labute approximate surface area is 205 Å². The van der Waals surface area contributed by atoms with Gasteiger partial charge in [-0.3, -0.25) is 0 Å². The smallest absolute Gasteiger partial charge is 0.243 e. The molecule has 2 aromatic carbocycles. The van der Waals surface area contributed by atoms with Gasteiger partial charge in [0.2, 0.25) is 10.0 Å². The van der Waals surface area contributed by atoms with E-state index in [0.29, 0.717) is 50.9 Å². The Morgan fingerprint density at radius 3 is 2.43 bits per heavy atom. The molecule has 0 radical (unpaired) electrons. The first kappa shape index (κ1) is 22.2. The number of piperazine rings is 1. The number of sulfonamides is 1. The minimum Gasteiger partial charge on any atom is -0.486 e. The summed E-state index contributed by atoms with van der Waals surface area (Å²) in [6.07, 6.45) is 1.53. The molecule has 0 N–H and O–H groups in total. The van der Waals surface area contributed by atoms with Crippen LogP contribution >= 0.6 is 11.3 Å². The number of ether oxygens (including phenoxy) is 2. The van der Waals surface area contributed by atoms with Crippen LogP contribution in [0.4, 0.5) is 10.2 Å². The first-order chi connectivity index (χ1) is 17.0. The molecular weight excluding hydrogens is 491 g/mol. The summed E-state index contributed by atoms with van der Waals surface area (Å²) in [4.78, 5) is 12.1. The van der Waals surface area contributed by atoms with Gasteiger partial charge in [0.05, 0.1) is 10.3 Å². The molecule has 0 saturated carbocycles. The normalized spacial score (nSPS) is 16.5. The van der Waals surface area contributed by atoms with Crippen molar-refractivity contribution in [3.05, 3.63) is 60.0 Å². The number of rotatable bonds is 4. The van der Waals surface area contributed by atoms with Crippen molar-refractivity contribution in [1.29, 1.82) is 0 Å². The largest absolute Gasteiger partial charge is 0.486 e. The molecule has 180 valence electrons. The van der Waals surface area contributed by atoms with Gasteiger partial charge >= 0.3 is 0 Å². The van der Waals surface area contributed by atoms with Gasteiger partial charge in [0, 0.05) is 43.2 Å². The molecular formula is C24H21FN4O4S2. The van der Waals surface area contributed by atoms with Crippen molar-refractivity contribution >= 4 is 37.4 Å². The van der Waals surface area contributed by atoms with E-state index in [9.17, 15) is 12.8 Å². The maximum Gasteiger partial charge on any atom is 0.243 e. The standard InChI is InChI=1S/C24H21FN4O4S2/c25-17-3-1-16(2-4-17)19-14-34-24-22(19)23(26-15-27-24)28-7-9-29(10-8-28)35(30,31)18-5-6-20-21(13-18)33-12-11-32-20/h1-6,13-15H,7-12H2. The lowest BCUT2D eigenvalue weighted by molar-refractivity contribution is 0.171. The molecule has 4 aromatic rings. The van der Waals surface area contributed by atoms with Gasteiger partial charge in [-0.1, -0.05) is 12.1 Å². The van der Waals surface area contributed by atoms with Crippen LogP contribution in [0.1, 0.15) is 0 Å². The number of anilines is 1. The van der Waals surface area contributed by atoms with Crippen LogP contribution in [0, 0.1) is 5.82 Å². The number of fused-ring (bicyclic) bond motifs is 2. The van der Waals surface area contributed by atoms with Crippen LogP contribution in [0.25, 0.3) is 21.3 Å². The van der Waals surface area contributed by atoms with Gasteiger partial charge in [-0.2, -0.15) is 4.31 Å². The Morgan fingerprint density at radius 1 is 0.914 bits per heavy atom. The van der Waals surface area contributed by atoms with E-state index in [1.165, 1.54) is 40.2 Å². The van der Waals surface area contributed by atoms with E-state index >= 15 is 0 Å².